The van der Waals surface area contributed by atoms with E-state index in [1.807, 2.05) is 4.90 Å². The van der Waals surface area contributed by atoms with Gasteiger partial charge in [-0.3, -0.25) is 9.69 Å². The molecular weight excluding hydrogens is 289 g/mol. The van der Waals surface area contributed by atoms with Crippen molar-refractivity contribution < 1.29 is 9.18 Å². The van der Waals surface area contributed by atoms with Crippen LogP contribution in [0.5, 0.6) is 0 Å². The summed E-state index contributed by atoms with van der Waals surface area (Å²) in [6.07, 6.45) is 1.55. The Morgan fingerprint density at radius 1 is 1.43 bits per heavy atom. The molecule has 1 amide bonds. The SMILES string of the molecule is NC(=S)c1cccc(CN2CCN3C(=O)CCC3C2)c1F. The van der Waals surface area contributed by atoms with E-state index < -0.39 is 0 Å². The number of carbonyl (C=O) groups excluding carboxylic acids is 1. The molecule has 2 N–H and O–H groups in total. The second kappa shape index (κ2) is 5.69. The lowest BCUT2D eigenvalue weighted by atomic mass is 10.1. The van der Waals surface area contributed by atoms with Gasteiger partial charge in [0.15, 0.2) is 0 Å². The number of nitrogens with zero attached hydrogens (tertiary/aromatic N) is 2. The summed E-state index contributed by atoms with van der Waals surface area (Å²) in [5.41, 5.74) is 6.45. The van der Waals surface area contributed by atoms with Crippen LogP contribution in [-0.2, 0) is 11.3 Å². The summed E-state index contributed by atoms with van der Waals surface area (Å²) in [7, 11) is 0. The summed E-state index contributed by atoms with van der Waals surface area (Å²) in [5.74, 6) is -0.0729. The number of halogens is 1. The first kappa shape index (κ1) is 14.4. The molecule has 2 aliphatic rings. The lowest BCUT2D eigenvalue weighted by Gasteiger charge is -2.37. The van der Waals surface area contributed by atoms with Crippen molar-refractivity contribution in [3.63, 3.8) is 0 Å². The molecule has 4 nitrogen and oxygen atoms in total. The van der Waals surface area contributed by atoms with Gasteiger partial charge in [0.2, 0.25) is 5.91 Å². The Labute approximate surface area is 128 Å². The molecular formula is C15H18FN3OS. The van der Waals surface area contributed by atoms with Gasteiger partial charge in [0.05, 0.1) is 0 Å². The molecule has 2 heterocycles. The highest BCUT2D eigenvalue weighted by atomic mass is 32.1. The van der Waals surface area contributed by atoms with Gasteiger partial charge in [-0.15, -0.1) is 0 Å². The van der Waals surface area contributed by atoms with Gasteiger partial charge in [-0.05, 0) is 12.5 Å². The molecule has 0 aliphatic carbocycles. The number of thiocarbonyl (C=S) groups is 1. The van der Waals surface area contributed by atoms with E-state index in [1.165, 1.54) is 0 Å². The summed E-state index contributed by atoms with van der Waals surface area (Å²) in [4.78, 5) is 15.9. The maximum atomic E-state index is 14.3. The van der Waals surface area contributed by atoms with Crippen LogP contribution in [-0.4, -0.2) is 46.4 Å². The highest BCUT2D eigenvalue weighted by Gasteiger charge is 2.35. The number of hydrogen-bond donors (Lipinski definition) is 1. The largest absolute Gasteiger partial charge is 0.389 e. The van der Waals surface area contributed by atoms with Gasteiger partial charge >= 0.3 is 0 Å². The molecule has 0 saturated carbocycles. The Morgan fingerprint density at radius 3 is 3.00 bits per heavy atom. The van der Waals surface area contributed by atoms with Crippen LogP contribution in [0, 0.1) is 5.82 Å². The zero-order valence-electron chi connectivity index (χ0n) is 11.7. The fourth-order valence-electron chi connectivity index (χ4n) is 3.21. The molecule has 21 heavy (non-hydrogen) atoms. The summed E-state index contributed by atoms with van der Waals surface area (Å²) >= 11 is 4.87. The maximum absolute atomic E-state index is 14.3. The van der Waals surface area contributed by atoms with Gasteiger partial charge in [0.1, 0.15) is 10.8 Å². The van der Waals surface area contributed by atoms with Gasteiger partial charge < -0.3 is 10.6 Å². The molecule has 2 fully saturated rings. The fraction of sp³-hybridized carbons (Fsp3) is 0.467. The summed E-state index contributed by atoms with van der Waals surface area (Å²) < 4.78 is 14.3. The van der Waals surface area contributed by atoms with Crippen molar-refractivity contribution in [2.24, 2.45) is 5.73 Å². The van der Waals surface area contributed by atoms with Crippen molar-refractivity contribution in [1.29, 1.82) is 0 Å². The predicted octanol–water partition coefficient (Wildman–Crippen LogP) is 1.27. The van der Waals surface area contributed by atoms with Crippen LogP contribution in [0.3, 0.4) is 0 Å². The molecule has 6 heteroatoms. The van der Waals surface area contributed by atoms with E-state index >= 15 is 0 Å². The second-order valence-corrected chi connectivity index (χ2v) is 6.10. The van der Waals surface area contributed by atoms with Gasteiger partial charge in [-0.2, -0.15) is 0 Å². The van der Waals surface area contributed by atoms with Crippen molar-refractivity contribution in [2.45, 2.75) is 25.4 Å². The first-order chi connectivity index (χ1) is 10.1. The standard InChI is InChI=1S/C15H18FN3OS/c16-14-10(2-1-3-12(14)15(17)21)8-18-6-7-19-11(9-18)4-5-13(19)20/h1-3,11H,4-9H2,(H2,17,21). The van der Waals surface area contributed by atoms with Gasteiger partial charge in [-0.1, -0.05) is 24.4 Å². The van der Waals surface area contributed by atoms with Crippen LogP contribution in [0.4, 0.5) is 4.39 Å². The van der Waals surface area contributed by atoms with Crippen LogP contribution in [0.15, 0.2) is 18.2 Å². The van der Waals surface area contributed by atoms with Crippen LogP contribution >= 0.6 is 12.2 Å². The molecule has 0 aromatic heterocycles. The number of benzene rings is 1. The fourth-order valence-corrected chi connectivity index (χ4v) is 3.36. The van der Waals surface area contributed by atoms with E-state index in [1.54, 1.807) is 18.2 Å². The molecule has 0 radical (unpaired) electrons. The third-order valence-corrected chi connectivity index (χ3v) is 4.54. The summed E-state index contributed by atoms with van der Waals surface area (Å²) in [6.45, 7) is 2.85. The highest BCUT2D eigenvalue weighted by Crippen LogP contribution is 2.24. The Morgan fingerprint density at radius 2 is 2.24 bits per heavy atom. The number of hydrogen-bond acceptors (Lipinski definition) is 3. The molecule has 0 spiro atoms. The Bertz CT molecular complexity index is 592. The highest BCUT2D eigenvalue weighted by molar-refractivity contribution is 7.80. The molecule has 1 unspecified atom stereocenters. The van der Waals surface area contributed by atoms with Crippen molar-refractivity contribution in [3.8, 4) is 0 Å². The molecule has 2 aliphatic heterocycles. The Kier molecular flexibility index (Phi) is 3.91. The first-order valence-corrected chi connectivity index (χ1v) is 7.56. The lowest BCUT2D eigenvalue weighted by Crippen LogP contribution is -2.51. The second-order valence-electron chi connectivity index (χ2n) is 5.66. The quantitative estimate of drug-likeness (QED) is 0.854. The molecule has 1 aromatic carbocycles. The number of amides is 1. The first-order valence-electron chi connectivity index (χ1n) is 7.15. The zero-order valence-corrected chi connectivity index (χ0v) is 12.5. The molecule has 0 bridgehead atoms. The van der Waals surface area contributed by atoms with Gasteiger partial charge in [-0.25, -0.2) is 4.39 Å². The average molecular weight is 307 g/mol. The smallest absolute Gasteiger partial charge is 0.222 e. The number of piperazine rings is 1. The number of carbonyl (C=O) groups is 1. The molecule has 1 atom stereocenters. The third-order valence-electron chi connectivity index (χ3n) is 4.32. The Hall–Kier alpha value is -1.53. The minimum atomic E-state index is -0.324. The van der Waals surface area contributed by atoms with E-state index in [9.17, 15) is 9.18 Å². The van der Waals surface area contributed by atoms with E-state index in [0.29, 0.717) is 24.1 Å². The van der Waals surface area contributed by atoms with Crippen molar-refractivity contribution in [1.82, 2.24) is 9.80 Å². The van der Waals surface area contributed by atoms with E-state index in [4.69, 9.17) is 18.0 Å². The monoisotopic (exact) mass is 307 g/mol. The van der Waals surface area contributed by atoms with E-state index in [2.05, 4.69) is 4.90 Å². The maximum Gasteiger partial charge on any atom is 0.222 e. The molecule has 2 saturated heterocycles. The van der Waals surface area contributed by atoms with Crippen LogP contribution in [0.25, 0.3) is 0 Å². The Balaban J connectivity index is 1.72. The third kappa shape index (κ3) is 2.78. The van der Waals surface area contributed by atoms with E-state index in [-0.39, 0.29) is 22.8 Å². The van der Waals surface area contributed by atoms with E-state index in [0.717, 1.165) is 26.1 Å². The minimum absolute atomic E-state index is 0.0839. The van der Waals surface area contributed by atoms with Crippen molar-refractivity contribution in [2.75, 3.05) is 19.6 Å². The molecule has 3 rings (SSSR count). The predicted molar refractivity (Wildman–Crippen MR) is 82.3 cm³/mol. The van der Waals surface area contributed by atoms with Crippen LogP contribution in [0.2, 0.25) is 0 Å². The average Bonchev–Trinajstić information content (AvgIpc) is 2.82. The van der Waals surface area contributed by atoms with Crippen LogP contribution < -0.4 is 5.73 Å². The topological polar surface area (TPSA) is 49.6 Å². The number of fused-ring (bicyclic) bond motifs is 1. The summed E-state index contributed by atoms with van der Waals surface area (Å²) in [5, 5.41) is 0. The number of rotatable bonds is 3. The molecule has 112 valence electrons. The molecule has 1 aromatic rings. The van der Waals surface area contributed by atoms with Crippen molar-refractivity contribution in [3.05, 3.63) is 35.1 Å². The van der Waals surface area contributed by atoms with Gasteiger partial charge in [0, 0.05) is 49.8 Å². The minimum Gasteiger partial charge on any atom is -0.389 e. The zero-order chi connectivity index (χ0) is 15.0. The summed E-state index contributed by atoms with van der Waals surface area (Å²) in [6, 6.07) is 5.44. The number of nitrogens with two attached hydrogens (primary N) is 1. The van der Waals surface area contributed by atoms with Crippen molar-refractivity contribution >= 4 is 23.1 Å². The normalized spacial score (nSPS) is 22.4. The lowest BCUT2D eigenvalue weighted by molar-refractivity contribution is -0.130. The van der Waals surface area contributed by atoms with Gasteiger partial charge in [0.25, 0.3) is 0 Å². The van der Waals surface area contributed by atoms with Crippen LogP contribution in [0.1, 0.15) is 24.0 Å².